The van der Waals surface area contributed by atoms with Gasteiger partial charge in [0.1, 0.15) is 0 Å². The summed E-state index contributed by atoms with van der Waals surface area (Å²) in [6.45, 7) is 0. The van der Waals surface area contributed by atoms with Crippen LogP contribution in [0, 0.1) is 0 Å². The zero-order chi connectivity index (χ0) is 13.1. The molecule has 18 heavy (non-hydrogen) atoms. The molecule has 1 aromatic carbocycles. The van der Waals surface area contributed by atoms with Gasteiger partial charge in [-0.05, 0) is 36.2 Å². The minimum atomic E-state index is -0.294. The van der Waals surface area contributed by atoms with Crippen molar-refractivity contribution in [2.45, 2.75) is 12.5 Å². The number of rotatable bonds is 3. The van der Waals surface area contributed by atoms with E-state index in [0.717, 1.165) is 5.56 Å². The van der Waals surface area contributed by atoms with E-state index >= 15 is 0 Å². The zero-order valence-electron chi connectivity index (χ0n) is 9.41. The molecule has 2 aromatic rings. The predicted molar refractivity (Wildman–Crippen MR) is 76.3 cm³/mol. The molecule has 1 atom stereocenters. The Morgan fingerprint density at radius 1 is 1.11 bits per heavy atom. The van der Waals surface area contributed by atoms with Crippen molar-refractivity contribution in [2.75, 3.05) is 0 Å². The topological polar surface area (TPSA) is 38.9 Å². The number of hydrogen-bond donors (Lipinski definition) is 1. The third kappa shape index (κ3) is 3.15. The Labute approximate surface area is 121 Å². The van der Waals surface area contributed by atoms with Gasteiger partial charge >= 0.3 is 0 Å². The van der Waals surface area contributed by atoms with Crippen molar-refractivity contribution in [2.24, 2.45) is 5.73 Å². The molecule has 0 aliphatic rings. The van der Waals surface area contributed by atoms with Gasteiger partial charge in [-0.15, -0.1) is 0 Å². The van der Waals surface area contributed by atoms with Crippen molar-refractivity contribution < 1.29 is 0 Å². The van der Waals surface area contributed by atoms with E-state index in [9.17, 15) is 0 Å². The van der Waals surface area contributed by atoms with Crippen LogP contribution in [0.2, 0.25) is 15.1 Å². The Kier molecular flexibility index (Phi) is 4.46. The summed E-state index contributed by atoms with van der Waals surface area (Å²) in [6.07, 6.45) is 2.23. The van der Waals surface area contributed by atoms with Gasteiger partial charge in [-0.25, -0.2) is 0 Å². The molecule has 1 aromatic heterocycles. The van der Waals surface area contributed by atoms with Crippen LogP contribution < -0.4 is 5.73 Å². The van der Waals surface area contributed by atoms with Crippen LogP contribution in [0.15, 0.2) is 36.5 Å². The summed E-state index contributed by atoms with van der Waals surface area (Å²) < 4.78 is 0. The summed E-state index contributed by atoms with van der Waals surface area (Å²) in [5.41, 5.74) is 7.69. The molecule has 94 valence electrons. The Balaban J connectivity index is 2.21. The summed E-state index contributed by atoms with van der Waals surface area (Å²) in [5.74, 6) is 0. The van der Waals surface area contributed by atoms with E-state index in [0.29, 0.717) is 27.2 Å². The second-order valence-electron chi connectivity index (χ2n) is 3.92. The molecule has 0 saturated heterocycles. The minimum absolute atomic E-state index is 0.294. The lowest BCUT2D eigenvalue weighted by molar-refractivity contribution is 0.697. The van der Waals surface area contributed by atoms with Crippen molar-refractivity contribution in [3.05, 3.63) is 62.9 Å². The Hall–Kier alpha value is -0.800. The Morgan fingerprint density at radius 2 is 1.89 bits per heavy atom. The first-order chi connectivity index (χ1) is 8.58. The normalized spacial score (nSPS) is 12.4. The van der Waals surface area contributed by atoms with E-state index in [1.54, 1.807) is 30.5 Å². The molecule has 1 unspecified atom stereocenters. The number of nitrogens with two attached hydrogens (primary N) is 1. The number of pyridine rings is 1. The van der Waals surface area contributed by atoms with Crippen LogP contribution >= 0.6 is 34.8 Å². The largest absolute Gasteiger partial charge is 0.322 e. The van der Waals surface area contributed by atoms with Crippen molar-refractivity contribution in [1.29, 1.82) is 0 Å². The van der Waals surface area contributed by atoms with E-state index in [2.05, 4.69) is 4.98 Å². The summed E-state index contributed by atoms with van der Waals surface area (Å²) >= 11 is 18.0. The average molecular weight is 302 g/mol. The lowest BCUT2D eigenvalue weighted by atomic mass is 10.0. The van der Waals surface area contributed by atoms with Crippen molar-refractivity contribution in [3.63, 3.8) is 0 Å². The van der Waals surface area contributed by atoms with Gasteiger partial charge < -0.3 is 5.73 Å². The molecule has 0 bridgehead atoms. The van der Waals surface area contributed by atoms with Crippen molar-refractivity contribution >= 4 is 34.8 Å². The van der Waals surface area contributed by atoms with Crippen LogP contribution in [0.1, 0.15) is 17.3 Å². The van der Waals surface area contributed by atoms with Crippen LogP contribution in [0.25, 0.3) is 0 Å². The summed E-state index contributed by atoms with van der Waals surface area (Å²) in [5, 5.41) is 1.77. The van der Waals surface area contributed by atoms with E-state index in [1.807, 2.05) is 6.07 Å². The maximum atomic E-state index is 6.11. The molecule has 2 nitrogen and oxygen atoms in total. The van der Waals surface area contributed by atoms with Crippen LogP contribution in [-0.2, 0) is 6.42 Å². The summed E-state index contributed by atoms with van der Waals surface area (Å²) in [4.78, 5) is 4.20. The fourth-order valence-electron chi connectivity index (χ4n) is 1.69. The molecule has 0 aliphatic carbocycles. The smallest absolute Gasteiger partial charge is 0.0760 e. The lowest BCUT2D eigenvalue weighted by Crippen LogP contribution is -2.15. The fourth-order valence-corrected chi connectivity index (χ4v) is 2.44. The van der Waals surface area contributed by atoms with E-state index < -0.39 is 0 Å². The highest BCUT2D eigenvalue weighted by molar-refractivity contribution is 6.35. The molecule has 5 heteroatoms. The van der Waals surface area contributed by atoms with E-state index in [4.69, 9.17) is 40.5 Å². The van der Waals surface area contributed by atoms with Gasteiger partial charge in [0.15, 0.2) is 0 Å². The lowest BCUT2D eigenvalue weighted by Gasteiger charge is -2.13. The third-order valence-corrected chi connectivity index (χ3v) is 3.50. The number of nitrogens with zero attached hydrogens (tertiary/aromatic N) is 1. The highest BCUT2D eigenvalue weighted by Gasteiger charge is 2.13. The molecule has 1 heterocycles. The van der Waals surface area contributed by atoms with Crippen molar-refractivity contribution in [3.8, 4) is 0 Å². The second kappa shape index (κ2) is 5.89. The Bertz CT molecular complexity index is 558. The molecule has 2 rings (SSSR count). The number of aromatic nitrogens is 1. The SMILES string of the molecule is NC(Cc1ccc(Cl)cc1Cl)c1ncccc1Cl. The summed E-state index contributed by atoms with van der Waals surface area (Å²) in [6, 6.07) is 8.60. The standard InChI is InChI=1S/C13H11Cl3N2/c14-9-4-3-8(11(16)7-9)6-12(17)13-10(15)2-1-5-18-13/h1-5,7,12H,6,17H2. The molecule has 0 saturated carbocycles. The highest BCUT2D eigenvalue weighted by atomic mass is 35.5. The maximum absolute atomic E-state index is 6.11. The average Bonchev–Trinajstić information content (AvgIpc) is 2.33. The number of hydrogen-bond acceptors (Lipinski definition) is 2. The molecule has 0 spiro atoms. The van der Waals surface area contributed by atoms with Crippen molar-refractivity contribution in [1.82, 2.24) is 4.98 Å². The monoisotopic (exact) mass is 300 g/mol. The maximum Gasteiger partial charge on any atom is 0.0760 e. The summed E-state index contributed by atoms with van der Waals surface area (Å²) in [7, 11) is 0. The molecule has 0 amide bonds. The predicted octanol–water partition coefficient (Wildman–Crippen LogP) is 4.28. The number of halogens is 3. The third-order valence-electron chi connectivity index (χ3n) is 2.59. The first-order valence-corrected chi connectivity index (χ1v) is 6.51. The van der Waals surface area contributed by atoms with Gasteiger partial charge in [-0.1, -0.05) is 40.9 Å². The van der Waals surface area contributed by atoms with Gasteiger partial charge in [0.05, 0.1) is 16.8 Å². The molecular weight excluding hydrogens is 291 g/mol. The zero-order valence-corrected chi connectivity index (χ0v) is 11.7. The highest BCUT2D eigenvalue weighted by Crippen LogP contribution is 2.26. The molecule has 0 radical (unpaired) electrons. The first kappa shape index (κ1) is 13.6. The van der Waals surface area contributed by atoms with Gasteiger partial charge in [0, 0.05) is 16.2 Å². The van der Waals surface area contributed by atoms with Gasteiger partial charge in [0.25, 0.3) is 0 Å². The molecule has 0 aliphatic heterocycles. The van der Waals surface area contributed by atoms with E-state index in [1.165, 1.54) is 0 Å². The quantitative estimate of drug-likeness (QED) is 0.918. The molecule has 0 fully saturated rings. The van der Waals surface area contributed by atoms with Crippen LogP contribution in [0.4, 0.5) is 0 Å². The van der Waals surface area contributed by atoms with Gasteiger partial charge in [-0.2, -0.15) is 0 Å². The van der Waals surface area contributed by atoms with Crippen LogP contribution in [-0.4, -0.2) is 4.98 Å². The fraction of sp³-hybridized carbons (Fsp3) is 0.154. The second-order valence-corrected chi connectivity index (χ2v) is 5.17. The first-order valence-electron chi connectivity index (χ1n) is 5.38. The van der Waals surface area contributed by atoms with E-state index in [-0.39, 0.29) is 6.04 Å². The number of benzene rings is 1. The van der Waals surface area contributed by atoms with Crippen LogP contribution in [0.3, 0.4) is 0 Å². The van der Waals surface area contributed by atoms with Crippen LogP contribution in [0.5, 0.6) is 0 Å². The Morgan fingerprint density at radius 3 is 2.56 bits per heavy atom. The minimum Gasteiger partial charge on any atom is -0.322 e. The molecule has 2 N–H and O–H groups in total. The van der Waals surface area contributed by atoms with Gasteiger partial charge in [-0.3, -0.25) is 4.98 Å². The molecular formula is C13H11Cl3N2. The van der Waals surface area contributed by atoms with Gasteiger partial charge in [0.2, 0.25) is 0 Å².